The molecule has 6 heteroatoms. The number of aliphatic carboxylic acids is 1. The number of urea groups is 1. The van der Waals surface area contributed by atoms with Crippen molar-refractivity contribution < 1.29 is 19.8 Å². The molecule has 6 nitrogen and oxygen atoms in total. The van der Waals surface area contributed by atoms with Gasteiger partial charge in [-0.3, -0.25) is 0 Å². The zero-order valence-corrected chi connectivity index (χ0v) is 10.1. The fraction of sp³-hybridized carbons (Fsp3) is 0.800. The second-order valence-electron chi connectivity index (χ2n) is 4.42. The summed E-state index contributed by atoms with van der Waals surface area (Å²) in [6, 6.07) is -1.40. The van der Waals surface area contributed by atoms with Gasteiger partial charge in [0.05, 0.1) is 12.1 Å². The van der Waals surface area contributed by atoms with E-state index in [-0.39, 0.29) is 6.54 Å². The topological polar surface area (TPSA) is 89.9 Å². The van der Waals surface area contributed by atoms with Crippen molar-refractivity contribution in [1.29, 1.82) is 0 Å². The molecule has 0 saturated heterocycles. The Labute approximate surface area is 95.2 Å². The molecular formula is C10H20N2O4. The summed E-state index contributed by atoms with van der Waals surface area (Å²) in [4.78, 5) is 23.5. The first-order chi connectivity index (χ1) is 7.17. The van der Waals surface area contributed by atoms with E-state index in [0.717, 1.165) is 0 Å². The standard InChI is InChI=1S/C10H20N2O4/c1-5-7(8(13)14)11-9(15)12(4)6-10(2,3)16/h7,16H,5-6H2,1-4H3,(H,11,15)(H,13,14). The van der Waals surface area contributed by atoms with Crippen molar-refractivity contribution in [2.24, 2.45) is 0 Å². The van der Waals surface area contributed by atoms with Gasteiger partial charge in [-0.2, -0.15) is 0 Å². The molecule has 1 unspecified atom stereocenters. The van der Waals surface area contributed by atoms with Crippen LogP contribution in [0.25, 0.3) is 0 Å². The molecule has 0 saturated carbocycles. The predicted molar refractivity (Wildman–Crippen MR) is 59.2 cm³/mol. The number of hydrogen-bond donors (Lipinski definition) is 3. The highest BCUT2D eigenvalue weighted by atomic mass is 16.4. The van der Waals surface area contributed by atoms with E-state index < -0.39 is 23.6 Å². The van der Waals surface area contributed by atoms with Crippen LogP contribution in [0.3, 0.4) is 0 Å². The van der Waals surface area contributed by atoms with Crippen LogP contribution in [0.1, 0.15) is 27.2 Å². The normalized spacial score (nSPS) is 13.1. The highest BCUT2D eigenvalue weighted by Crippen LogP contribution is 2.03. The molecule has 0 bridgehead atoms. The van der Waals surface area contributed by atoms with Crippen LogP contribution < -0.4 is 5.32 Å². The number of likely N-dealkylation sites (N-methyl/N-ethyl adjacent to an activating group) is 1. The Balaban J connectivity index is 4.29. The Bertz CT molecular complexity index is 260. The molecule has 0 aliphatic carbocycles. The maximum atomic E-state index is 11.5. The molecule has 0 aliphatic rings. The van der Waals surface area contributed by atoms with E-state index in [1.807, 2.05) is 0 Å². The van der Waals surface area contributed by atoms with Crippen molar-refractivity contribution in [2.75, 3.05) is 13.6 Å². The number of carboxylic acids is 1. The Morgan fingerprint density at radius 1 is 1.44 bits per heavy atom. The Morgan fingerprint density at radius 3 is 2.25 bits per heavy atom. The molecule has 94 valence electrons. The zero-order valence-electron chi connectivity index (χ0n) is 10.1. The van der Waals surface area contributed by atoms with Gasteiger partial charge in [0.25, 0.3) is 0 Å². The SMILES string of the molecule is CCC(NC(=O)N(C)CC(C)(C)O)C(=O)O. The van der Waals surface area contributed by atoms with E-state index in [2.05, 4.69) is 5.32 Å². The van der Waals surface area contributed by atoms with Crippen LogP contribution in [0.2, 0.25) is 0 Å². The summed E-state index contributed by atoms with van der Waals surface area (Å²) in [5.41, 5.74) is -1.00. The number of carboxylic acid groups (broad SMARTS) is 1. The second-order valence-corrected chi connectivity index (χ2v) is 4.42. The molecular weight excluding hydrogens is 212 g/mol. The summed E-state index contributed by atoms with van der Waals surface area (Å²) in [7, 11) is 1.50. The predicted octanol–water partition coefficient (Wildman–Crippen LogP) is 0.262. The van der Waals surface area contributed by atoms with Gasteiger partial charge in [0.15, 0.2) is 0 Å². The molecule has 0 heterocycles. The maximum absolute atomic E-state index is 11.5. The van der Waals surface area contributed by atoms with Crippen LogP contribution in [0.4, 0.5) is 4.79 Å². The van der Waals surface area contributed by atoms with Gasteiger partial charge in [-0.05, 0) is 20.3 Å². The number of nitrogens with zero attached hydrogens (tertiary/aromatic N) is 1. The third kappa shape index (κ3) is 5.55. The third-order valence-electron chi connectivity index (χ3n) is 1.97. The van der Waals surface area contributed by atoms with Crippen molar-refractivity contribution in [3.63, 3.8) is 0 Å². The summed E-state index contributed by atoms with van der Waals surface area (Å²) in [6.07, 6.45) is 0.317. The molecule has 1 atom stereocenters. The molecule has 0 aromatic heterocycles. The number of carbonyl (C=O) groups is 2. The van der Waals surface area contributed by atoms with Crippen LogP contribution in [0.5, 0.6) is 0 Å². The molecule has 0 radical (unpaired) electrons. The van der Waals surface area contributed by atoms with Gasteiger partial charge in [0.2, 0.25) is 0 Å². The van der Waals surface area contributed by atoms with Gasteiger partial charge in [-0.1, -0.05) is 6.92 Å². The molecule has 0 aromatic carbocycles. The molecule has 0 aliphatic heterocycles. The lowest BCUT2D eigenvalue weighted by Gasteiger charge is -2.26. The molecule has 16 heavy (non-hydrogen) atoms. The average molecular weight is 232 g/mol. The monoisotopic (exact) mass is 232 g/mol. The number of carbonyl (C=O) groups excluding carboxylic acids is 1. The van der Waals surface area contributed by atoms with E-state index in [9.17, 15) is 14.7 Å². The Hall–Kier alpha value is -1.30. The fourth-order valence-corrected chi connectivity index (χ4v) is 1.25. The molecule has 0 rings (SSSR count). The maximum Gasteiger partial charge on any atom is 0.326 e. The summed E-state index contributed by atoms with van der Waals surface area (Å²) in [5.74, 6) is -1.06. The summed E-state index contributed by atoms with van der Waals surface area (Å²) >= 11 is 0. The largest absolute Gasteiger partial charge is 0.480 e. The average Bonchev–Trinajstić information content (AvgIpc) is 2.10. The van der Waals surface area contributed by atoms with Crippen LogP contribution in [-0.2, 0) is 4.79 Å². The van der Waals surface area contributed by atoms with E-state index in [1.165, 1.54) is 11.9 Å². The molecule has 0 fully saturated rings. The van der Waals surface area contributed by atoms with Crippen LogP contribution in [0.15, 0.2) is 0 Å². The van der Waals surface area contributed by atoms with E-state index >= 15 is 0 Å². The third-order valence-corrected chi connectivity index (χ3v) is 1.97. The van der Waals surface area contributed by atoms with Crippen LogP contribution >= 0.6 is 0 Å². The van der Waals surface area contributed by atoms with Gasteiger partial charge >= 0.3 is 12.0 Å². The van der Waals surface area contributed by atoms with Gasteiger partial charge in [-0.25, -0.2) is 9.59 Å². The second kappa shape index (κ2) is 5.69. The zero-order chi connectivity index (χ0) is 12.9. The smallest absolute Gasteiger partial charge is 0.326 e. The Kier molecular flexibility index (Phi) is 5.23. The quantitative estimate of drug-likeness (QED) is 0.634. The van der Waals surface area contributed by atoms with Crippen LogP contribution in [-0.4, -0.2) is 52.3 Å². The lowest BCUT2D eigenvalue weighted by atomic mass is 10.1. The lowest BCUT2D eigenvalue weighted by Crippen LogP contribution is -2.49. The number of rotatable bonds is 5. The van der Waals surface area contributed by atoms with E-state index in [4.69, 9.17) is 5.11 Å². The first kappa shape index (κ1) is 14.7. The van der Waals surface area contributed by atoms with Gasteiger partial charge < -0.3 is 20.4 Å². The molecule has 0 spiro atoms. The van der Waals surface area contributed by atoms with Gasteiger partial charge in [0.1, 0.15) is 6.04 Å². The summed E-state index contributed by atoms with van der Waals surface area (Å²) in [6.45, 7) is 4.96. The minimum Gasteiger partial charge on any atom is -0.480 e. The number of amides is 2. The van der Waals surface area contributed by atoms with Crippen molar-refractivity contribution in [1.82, 2.24) is 10.2 Å². The first-order valence-corrected chi connectivity index (χ1v) is 5.14. The molecule has 2 amide bonds. The van der Waals surface area contributed by atoms with Crippen LogP contribution in [0, 0.1) is 0 Å². The van der Waals surface area contributed by atoms with Crippen molar-refractivity contribution >= 4 is 12.0 Å². The highest BCUT2D eigenvalue weighted by molar-refractivity contribution is 5.82. The number of nitrogens with one attached hydrogen (secondary N) is 1. The number of aliphatic hydroxyl groups is 1. The van der Waals surface area contributed by atoms with Gasteiger partial charge in [-0.15, -0.1) is 0 Å². The fourth-order valence-electron chi connectivity index (χ4n) is 1.25. The minimum atomic E-state index is -1.06. The molecule has 0 aromatic rings. The summed E-state index contributed by atoms with van der Waals surface area (Å²) < 4.78 is 0. The van der Waals surface area contributed by atoms with E-state index in [1.54, 1.807) is 20.8 Å². The van der Waals surface area contributed by atoms with E-state index in [0.29, 0.717) is 6.42 Å². The minimum absolute atomic E-state index is 0.134. The number of hydrogen-bond acceptors (Lipinski definition) is 3. The molecule has 3 N–H and O–H groups in total. The van der Waals surface area contributed by atoms with Crippen molar-refractivity contribution in [2.45, 2.75) is 38.8 Å². The summed E-state index contributed by atoms with van der Waals surface area (Å²) in [5, 5.41) is 20.6. The highest BCUT2D eigenvalue weighted by Gasteiger charge is 2.23. The van der Waals surface area contributed by atoms with Gasteiger partial charge in [0, 0.05) is 7.05 Å². The first-order valence-electron chi connectivity index (χ1n) is 5.14. The van der Waals surface area contributed by atoms with Crippen molar-refractivity contribution in [3.05, 3.63) is 0 Å². The Morgan fingerprint density at radius 2 is 1.94 bits per heavy atom. The lowest BCUT2D eigenvalue weighted by molar-refractivity contribution is -0.139. The van der Waals surface area contributed by atoms with Crippen molar-refractivity contribution in [3.8, 4) is 0 Å².